The number of hydrogen-bond donors (Lipinski definition) is 1. The molecular formula is C16H24N2O2. The Kier molecular flexibility index (Phi) is 5.01. The van der Waals surface area contributed by atoms with Crippen LogP contribution < -0.4 is 10.5 Å². The van der Waals surface area contributed by atoms with E-state index in [0.29, 0.717) is 0 Å². The maximum absolute atomic E-state index is 12.2. The van der Waals surface area contributed by atoms with E-state index in [1.807, 2.05) is 29.2 Å². The fourth-order valence-corrected chi connectivity index (χ4v) is 2.74. The second-order valence-electron chi connectivity index (χ2n) is 5.47. The van der Waals surface area contributed by atoms with Crippen molar-refractivity contribution in [3.05, 3.63) is 29.8 Å². The van der Waals surface area contributed by atoms with Crippen LogP contribution in [0.4, 0.5) is 0 Å². The van der Waals surface area contributed by atoms with Crippen LogP contribution in [-0.4, -0.2) is 36.0 Å². The number of carbonyl (C=O) groups is 1. The second-order valence-corrected chi connectivity index (χ2v) is 5.47. The Labute approximate surface area is 120 Å². The number of rotatable bonds is 4. The molecule has 1 heterocycles. The van der Waals surface area contributed by atoms with Crippen molar-refractivity contribution < 1.29 is 9.53 Å². The third kappa shape index (κ3) is 3.51. The summed E-state index contributed by atoms with van der Waals surface area (Å²) in [5, 5.41) is 0. The Morgan fingerprint density at radius 1 is 1.45 bits per heavy atom. The van der Waals surface area contributed by atoms with Crippen LogP contribution in [0, 0.1) is 0 Å². The number of amides is 1. The molecule has 0 aromatic heterocycles. The summed E-state index contributed by atoms with van der Waals surface area (Å²) < 4.78 is 5.70. The van der Waals surface area contributed by atoms with Crippen LogP contribution in [0.5, 0.6) is 5.75 Å². The van der Waals surface area contributed by atoms with Crippen molar-refractivity contribution in [1.29, 1.82) is 0 Å². The molecular weight excluding hydrogens is 252 g/mol. The van der Waals surface area contributed by atoms with Gasteiger partial charge in [0, 0.05) is 18.6 Å². The molecule has 1 aliphatic rings. The molecule has 0 bridgehead atoms. The summed E-state index contributed by atoms with van der Waals surface area (Å²) in [6, 6.07) is 8.29. The molecule has 1 fully saturated rings. The maximum atomic E-state index is 12.2. The van der Waals surface area contributed by atoms with Crippen molar-refractivity contribution in [2.45, 2.75) is 45.2 Å². The monoisotopic (exact) mass is 276 g/mol. The molecule has 0 unspecified atom stereocenters. The molecule has 1 aromatic carbocycles. The highest BCUT2D eigenvalue weighted by atomic mass is 16.5. The number of aryl methyl sites for hydroxylation is 1. The van der Waals surface area contributed by atoms with Crippen molar-refractivity contribution in [1.82, 2.24) is 4.90 Å². The van der Waals surface area contributed by atoms with E-state index in [2.05, 4.69) is 13.8 Å². The fraction of sp³-hybridized carbons (Fsp3) is 0.562. The van der Waals surface area contributed by atoms with Crippen LogP contribution in [0.2, 0.25) is 0 Å². The molecule has 20 heavy (non-hydrogen) atoms. The molecule has 4 heteroatoms. The van der Waals surface area contributed by atoms with E-state index in [9.17, 15) is 4.79 Å². The summed E-state index contributed by atoms with van der Waals surface area (Å²) >= 11 is 0. The zero-order valence-corrected chi connectivity index (χ0v) is 12.3. The van der Waals surface area contributed by atoms with Crippen molar-refractivity contribution in [3.8, 4) is 5.75 Å². The molecule has 1 amide bonds. The van der Waals surface area contributed by atoms with Gasteiger partial charge in [0.05, 0.1) is 0 Å². The molecule has 0 spiro atoms. The predicted octanol–water partition coefficient (Wildman–Crippen LogP) is 1.97. The van der Waals surface area contributed by atoms with Crippen molar-refractivity contribution in [2.24, 2.45) is 5.73 Å². The number of para-hydroxylation sites is 1. The van der Waals surface area contributed by atoms with E-state index in [-0.39, 0.29) is 24.6 Å². The average molecular weight is 276 g/mol. The zero-order valence-electron chi connectivity index (χ0n) is 12.3. The highest BCUT2D eigenvalue weighted by Crippen LogP contribution is 2.20. The van der Waals surface area contributed by atoms with Crippen LogP contribution in [0.3, 0.4) is 0 Å². The minimum atomic E-state index is 0.0512. The number of hydrogen-bond acceptors (Lipinski definition) is 3. The minimum Gasteiger partial charge on any atom is -0.483 e. The van der Waals surface area contributed by atoms with Crippen molar-refractivity contribution in [3.63, 3.8) is 0 Å². The quantitative estimate of drug-likeness (QED) is 0.914. The number of ether oxygens (including phenoxy) is 1. The lowest BCUT2D eigenvalue weighted by Gasteiger charge is -2.36. The summed E-state index contributed by atoms with van der Waals surface area (Å²) in [4.78, 5) is 14.1. The number of benzene rings is 1. The molecule has 1 saturated heterocycles. The van der Waals surface area contributed by atoms with Gasteiger partial charge in [-0.25, -0.2) is 0 Å². The average Bonchev–Trinajstić information content (AvgIpc) is 2.45. The Morgan fingerprint density at radius 3 is 2.90 bits per heavy atom. The van der Waals surface area contributed by atoms with E-state index in [4.69, 9.17) is 10.5 Å². The number of nitrogens with zero attached hydrogens (tertiary/aromatic N) is 1. The van der Waals surface area contributed by atoms with Crippen LogP contribution in [-0.2, 0) is 11.2 Å². The van der Waals surface area contributed by atoms with Gasteiger partial charge in [0.25, 0.3) is 5.91 Å². The van der Waals surface area contributed by atoms with E-state index in [0.717, 1.165) is 37.1 Å². The summed E-state index contributed by atoms with van der Waals surface area (Å²) in [6.07, 6.45) is 2.65. The number of likely N-dealkylation sites (tertiary alicyclic amines) is 1. The third-order valence-corrected chi connectivity index (χ3v) is 3.94. The SMILES string of the molecule is CCc1ccccc1OCC(=O)N1CC[C@@H](N)C[C@H]1C. The normalized spacial score (nSPS) is 22.6. The van der Waals surface area contributed by atoms with E-state index < -0.39 is 0 Å². The van der Waals surface area contributed by atoms with Gasteiger partial charge in [-0.05, 0) is 37.8 Å². The third-order valence-electron chi connectivity index (χ3n) is 3.94. The van der Waals surface area contributed by atoms with Crippen LogP contribution in [0.25, 0.3) is 0 Å². The zero-order chi connectivity index (χ0) is 14.5. The first kappa shape index (κ1) is 14.9. The summed E-state index contributed by atoms with van der Waals surface area (Å²) in [6.45, 7) is 4.98. The molecule has 4 nitrogen and oxygen atoms in total. The Hall–Kier alpha value is -1.55. The van der Waals surface area contributed by atoms with Gasteiger partial charge in [0.2, 0.25) is 0 Å². The molecule has 0 radical (unpaired) electrons. The fourth-order valence-electron chi connectivity index (χ4n) is 2.74. The minimum absolute atomic E-state index is 0.0512. The first-order chi connectivity index (χ1) is 9.61. The molecule has 2 N–H and O–H groups in total. The van der Waals surface area contributed by atoms with Gasteiger partial charge < -0.3 is 15.4 Å². The molecule has 1 aliphatic heterocycles. The highest BCUT2D eigenvalue weighted by molar-refractivity contribution is 5.78. The van der Waals surface area contributed by atoms with Crippen LogP contribution >= 0.6 is 0 Å². The largest absolute Gasteiger partial charge is 0.483 e. The van der Waals surface area contributed by atoms with Gasteiger partial charge in [-0.2, -0.15) is 0 Å². The van der Waals surface area contributed by atoms with E-state index in [1.165, 1.54) is 0 Å². The van der Waals surface area contributed by atoms with Crippen molar-refractivity contribution >= 4 is 5.91 Å². The van der Waals surface area contributed by atoms with Gasteiger partial charge in [-0.1, -0.05) is 25.1 Å². The van der Waals surface area contributed by atoms with Gasteiger partial charge >= 0.3 is 0 Å². The topological polar surface area (TPSA) is 55.6 Å². The molecule has 110 valence electrons. The predicted molar refractivity (Wildman–Crippen MR) is 79.7 cm³/mol. The number of nitrogens with two attached hydrogens (primary N) is 1. The summed E-state index contributed by atoms with van der Waals surface area (Å²) in [7, 11) is 0. The van der Waals surface area contributed by atoms with Gasteiger partial charge in [0.15, 0.2) is 6.61 Å². The van der Waals surface area contributed by atoms with Gasteiger partial charge in [-0.3, -0.25) is 4.79 Å². The standard InChI is InChI=1S/C16H24N2O2/c1-3-13-6-4-5-7-15(13)20-11-16(19)18-9-8-14(17)10-12(18)2/h4-7,12,14H,3,8-11,17H2,1-2H3/t12-,14-/m1/s1. The smallest absolute Gasteiger partial charge is 0.260 e. The molecule has 2 rings (SSSR count). The highest BCUT2D eigenvalue weighted by Gasteiger charge is 2.27. The van der Waals surface area contributed by atoms with Gasteiger partial charge in [0.1, 0.15) is 5.75 Å². The van der Waals surface area contributed by atoms with Crippen molar-refractivity contribution in [2.75, 3.05) is 13.2 Å². The summed E-state index contributed by atoms with van der Waals surface area (Å²) in [5.74, 6) is 0.861. The first-order valence-corrected chi connectivity index (χ1v) is 7.37. The van der Waals surface area contributed by atoms with Gasteiger partial charge in [-0.15, -0.1) is 0 Å². The molecule has 2 atom stereocenters. The first-order valence-electron chi connectivity index (χ1n) is 7.37. The van der Waals surface area contributed by atoms with Crippen LogP contribution in [0.1, 0.15) is 32.3 Å². The summed E-state index contributed by atoms with van der Waals surface area (Å²) in [5.41, 5.74) is 7.05. The number of carbonyl (C=O) groups excluding carboxylic acids is 1. The molecule has 1 aromatic rings. The molecule has 0 aliphatic carbocycles. The molecule has 0 saturated carbocycles. The van der Waals surface area contributed by atoms with E-state index >= 15 is 0 Å². The Bertz CT molecular complexity index is 462. The lowest BCUT2D eigenvalue weighted by Crippen LogP contribution is -2.49. The Balaban J connectivity index is 1.92. The lowest BCUT2D eigenvalue weighted by molar-refractivity contribution is -0.136. The maximum Gasteiger partial charge on any atom is 0.260 e. The second kappa shape index (κ2) is 6.75. The lowest BCUT2D eigenvalue weighted by atomic mass is 9.99. The Morgan fingerprint density at radius 2 is 2.20 bits per heavy atom. The number of piperidine rings is 1. The van der Waals surface area contributed by atoms with Crippen LogP contribution in [0.15, 0.2) is 24.3 Å². The van der Waals surface area contributed by atoms with E-state index in [1.54, 1.807) is 0 Å².